The molecular weight excluding hydrogens is 252 g/mol. The Kier molecular flexibility index (Phi) is 4.10. The van der Waals surface area contributed by atoms with Crippen molar-refractivity contribution in [1.82, 2.24) is 5.43 Å². The van der Waals surface area contributed by atoms with Gasteiger partial charge < -0.3 is 5.73 Å². The van der Waals surface area contributed by atoms with Crippen LogP contribution in [-0.2, 0) is 0 Å². The number of carbonyl (C=O) groups excluding carboxylic acids is 1. The molecule has 2 aromatic rings. The van der Waals surface area contributed by atoms with E-state index in [-0.39, 0.29) is 0 Å². The maximum absolute atomic E-state index is 10.5. The first-order valence-corrected chi connectivity index (χ1v) is 5.88. The molecule has 0 aliphatic heterocycles. The molecule has 0 atom stereocenters. The zero-order valence-electron chi connectivity index (χ0n) is 10.6. The van der Waals surface area contributed by atoms with Gasteiger partial charge in [0.05, 0.1) is 17.8 Å². The average molecular weight is 264 g/mol. The number of hydrazone groups is 1. The molecule has 0 bridgehead atoms. The number of nitrogens with two attached hydrogens (primary N) is 1. The van der Waals surface area contributed by atoms with E-state index in [1.807, 2.05) is 42.5 Å². The third kappa shape index (κ3) is 3.43. The number of hydrogen-bond donors (Lipinski definition) is 2. The Morgan fingerprint density at radius 2 is 1.95 bits per heavy atom. The summed E-state index contributed by atoms with van der Waals surface area (Å²) >= 11 is 0. The number of hydrogen-bond acceptors (Lipinski definition) is 3. The minimum absolute atomic E-state index is 0.624. The standard InChI is InChI=1S/C15H12N4O/c16-9-12-2-1-3-14(8-12)13-6-4-11(5-7-13)10-18-19-15(17)20/h1-8,10H,(H3,17,19,20). The number of rotatable bonds is 3. The lowest BCUT2D eigenvalue weighted by Gasteiger charge is -2.02. The normalized spacial score (nSPS) is 10.2. The molecule has 0 saturated carbocycles. The summed E-state index contributed by atoms with van der Waals surface area (Å²) in [6.07, 6.45) is 1.50. The van der Waals surface area contributed by atoms with Gasteiger partial charge in [-0.2, -0.15) is 10.4 Å². The van der Waals surface area contributed by atoms with Crippen molar-refractivity contribution in [2.75, 3.05) is 0 Å². The van der Waals surface area contributed by atoms with Crippen LogP contribution in [0.25, 0.3) is 11.1 Å². The largest absolute Gasteiger partial charge is 0.350 e. The Hall–Kier alpha value is -3.13. The molecule has 0 spiro atoms. The summed E-state index contributed by atoms with van der Waals surface area (Å²) in [5.41, 5.74) is 10.5. The molecule has 20 heavy (non-hydrogen) atoms. The van der Waals surface area contributed by atoms with Gasteiger partial charge in [0.1, 0.15) is 0 Å². The van der Waals surface area contributed by atoms with Crippen molar-refractivity contribution in [1.29, 1.82) is 5.26 Å². The Bertz CT molecular complexity index is 684. The molecule has 98 valence electrons. The summed E-state index contributed by atoms with van der Waals surface area (Å²) in [6, 6.07) is 16.4. The van der Waals surface area contributed by atoms with Gasteiger partial charge in [-0.1, -0.05) is 36.4 Å². The fraction of sp³-hybridized carbons (Fsp3) is 0. The molecule has 5 nitrogen and oxygen atoms in total. The number of nitrogens with one attached hydrogen (secondary N) is 1. The highest BCUT2D eigenvalue weighted by Crippen LogP contribution is 2.20. The first-order valence-electron chi connectivity index (χ1n) is 5.88. The highest BCUT2D eigenvalue weighted by Gasteiger charge is 1.99. The quantitative estimate of drug-likeness (QED) is 0.657. The number of carbonyl (C=O) groups is 1. The van der Waals surface area contributed by atoms with Crippen LogP contribution >= 0.6 is 0 Å². The van der Waals surface area contributed by atoms with E-state index in [1.165, 1.54) is 6.21 Å². The molecule has 0 aliphatic carbocycles. The number of benzene rings is 2. The minimum Gasteiger partial charge on any atom is -0.350 e. The SMILES string of the molecule is N#Cc1cccc(-c2ccc(C=NNC(N)=O)cc2)c1. The van der Waals surface area contributed by atoms with E-state index in [4.69, 9.17) is 11.0 Å². The molecule has 0 aliphatic rings. The van der Waals surface area contributed by atoms with E-state index in [0.29, 0.717) is 5.56 Å². The van der Waals surface area contributed by atoms with Crippen molar-refractivity contribution >= 4 is 12.2 Å². The van der Waals surface area contributed by atoms with Gasteiger partial charge in [0, 0.05) is 0 Å². The first-order chi connectivity index (χ1) is 9.69. The first kappa shape index (κ1) is 13.3. The van der Waals surface area contributed by atoms with E-state index in [2.05, 4.69) is 16.6 Å². The third-order valence-corrected chi connectivity index (χ3v) is 2.62. The van der Waals surface area contributed by atoms with Crippen molar-refractivity contribution in [2.24, 2.45) is 10.8 Å². The molecule has 0 saturated heterocycles. The highest BCUT2D eigenvalue weighted by atomic mass is 16.2. The van der Waals surface area contributed by atoms with Crippen LogP contribution in [-0.4, -0.2) is 12.2 Å². The molecule has 0 heterocycles. The molecule has 5 heteroatoms. The second-order valence-electron chi connectivity index (χ2n) is 4.05. The molecule has 0 unspecified atom stereocenters. The van der Waals surface area contributed by atoms with Crippen molar-refractivity contribution in [3.8, 4) is 17.2 Å². The number of nitrogens with zero attached hydrogens (tertiary/aromatic N) is 2. The van der Waals surface area contributed by atoms with Crippen molar-refractivity contribution in [3.63, 3.8) is 0 Å². The zero-order valence-corrected chi connectivity index (χ0v) is 10.6. The van der Waals surface area contributed by atoms with Gasteiger partial charge in [0.15, 0.2) is 0 Å². The fourth-order valence-electron chi connectivity index (χ4n) is 1.70. The molecule has 0 aromatic heterocycles. The lowest BCUT2D eigenvalue weighted by molar-refractivity contribution is 0.249. The molecule has 2 amide bonds. The van der Waals surface area contributed by atoms with Gasteiger partial charge in [0.25, 0.3) is 0 Å². The molecular formula is C15H12N4O. The highest BCUT2D eigenvalue weighted by molar-refractivity contribution is 5.82. The molecule has 2 rings (SSSR count). The van der Waals surface area contributed by atoms with E-state index >= 15 is 0 Å². The van der Waals surface area contributed by atoms with Crippen LogP contribution in [0.5, 0.6) is 0 Å². The Labute approximate surface area is 116 Å². The van der Waals surface area contributed by atoms with Gasteiger partial charge in [-0.15, -0.1) is 0 Å². The number of primary amides is 1. The van der Waals surface area contributed by atoms with Crippen LogP contribution in [0.15, 0.2) is 53.6 Å². The van der Waals surface area contributed by atoms with E-state index in [0.717, 1.165) is 16.7 Å². The van der Waals surface area contributed by atoms with Gasteiger partial charge >= 0.3 is 6.03 Å². The van der Waals surface area contributed by atoms with E-state index in [9.17, 15) is 4.79 Å². The second kappa shape index (κ2) is 6.16. The van der Waals surface area contributed by atoms with Gasteiger partial charge in [0.2, 0.25) is 0 Å². The topological polar surface area (TPSA) is 91.3 Å². The monoisotopic (exact) mass is 264 g/mol. The molecule has 3 N–H and O–H groups in total. The average Bonchev–Trinajstić information content (AvgIpc) is 2.48. The maximum atomic E-state index is 10.5. The van der Waals surface area contributed by atoms with Crippen LogP contribution in [0, 0.1) is 11.3 Å². The zero-order chi connectivity index (χ0) is 14.4. The Balaban J connectivity index is 2.17. The van der Waals surface area contributed by atoms with Crippen LogP contribution in [0.3, 0.4) is 0 Å². The van der Waals surface area contributed by atoms with Gasteiger partial charge in [-0.3, -0.25) is 0 Å². The second-order valence-corrected chi connectivity index (χ2v) is 4.05. The van der Waals surface area contributed by atoms with E-state index in [1.54, 1.807) is 6.07 Å². The molecule has 0 radical (unpaired) electrons. The van der Waals surface area contributed by atoms with Crippen molar-refractivity contribution < 1.29 is 4.79 Å². The Morgan fingerprint density at radius 3 is 2.60 bits per heavy atom. The maximum Gasteiger partial charge on any atom is 0.332 e. The molecule has 2 aromatic carbocycles. The van der Waals surface area contributed by atoms with E-state index < -0.39 is 6.03 Å². The summed E-state index contributed by atoms with van der Waals surface area (Å²) < 4.78 is 0. The van der Waals surface area contributed by atoms with Crippen LogP contribution in [0.2, 0.25) is 0 Å². The predicted molar refractivity (Wildman–Crippen MR) is 76.9 cm³/mol. The van der Waals surface area contributed by atoms with Crippen LogP contribution in [0.4, 0.5) is 4.79 Å². The summed E-state index contributed by atoms with van der Waals surface area (Å²) in [5, 5.41) is 12.6. The minimum atomic E-state index is -0.703. The Morgan fingerprint density at radius 1 is 1.20 bits per heavy atom. The van der Waals surface area contributed by atoms with Gasteiger partial charge in [-0.05, 0) is 28.8 Å². The summed E-state index contributed by atoms with van der Waals surface area (Å²) in [7, 11) is 0. The summed E-state index contributed by atoms with van der Waals surface area (Å²) in [4.78, 5) is 10.5. The lowest BCUT2D eigenvalue weighted by Crippen LogP contribution is -2.24. The predicted octanol–water partition coefficient (Wildman–Crippen LogP) is 2.23. The number of urea groups is 1. The lowest BCUT2D eigenvalue weighted by atomic mass is 10.0. The van der Waals surface area contributed by atoms with Crippen LogP contribution < -0.4 is 11.2 Å². The fourth-order valence-corrected chi connectivity index (χ4v) is 1.70. The third-order valence-electron chi connectivity index (χ3n) is 2.62. The van der Waals surface area contributed by atoms with Gasteiger partial charge in [-0.25, -0.2) is 10.2 Å². The summed E-state index contributed by atoms with van der Waals surface area (Å²) in [6.45, 7) is 0. The van der Waals surface area contributed by atoms with Crippen LogP contribution in [0.1, 0.15) is 11.1 Å². The smallest absolute Gasteiger partial charge is 0.332 e. The van der Waals surface area contributed by atoms with Crippen molar-refractivity contribution in [2.45, 2.75) is 0 Å². The molecule has 0 fully saturated rings. The number of nitriles is 1. The number of amides is 2. The summed E-state index contributed by atoms with van der Waals surface area (Å²) in [5.74, 6) is 0. The van der Waals surface area contributed by atoms with Crippen molar-refractivity contribution in [3.05, 3.63) is 59.7 Å².